The van der Waals surface area contributed by atoms with Crippen molar-refractivity contribution in [2.24, 2.45) is 5.92 Å². The zero-order valence-corrected chi connectivity index (χ0v) is 15.8. The van der Waals surface area contributed by atoms with Gasteiger partial charge < -0.3 is 10.0 Å². The van der Waals surface area contributed by atoms with E-state index in [4.69, 9.17) is 0 Å². The minimum Gasteiger partial charge on any atom is -0.391 e. The van der Waals surface area contributed by atoms with Crippen molar-refractivity contribution in [3.05, 3.63) is 60.0 Å². The Morgan fingerprint density at radius 1 is 1.07 bits per heavy atom. The molecule has 0 radical (unpaired) electrons. The number of para-hydroxylation sites is 1. The zero-order valence-electron chi connectivity index (χ0n) is 15.8. The van der Waals surface area contributed by atoms with Gasteiger partial charge in [-0.25, -0.2) is 9.97 Å². The van der Waals surface area contributed by atoms with E-state index in [1.54, 1.807) is 0 Å². The summed E-state index contributed by atoms with van der Waals surface area (Å²) < 4.78 is 0. The van der Waals surface area contributed by atoms with E-state index in [1.165, 1.54) is 10.9 Å². The molecule has 0 spiro atoms. The smallest absolute Gasteiger partial charge is 0.224 e. The van der Waals surface area contributed by atoms with Crippen LogP contribution in [0.25, 0.3) is 10.9 Å². The predicted molar refractivity (Wildman–Crippen MR) is 107 cm³/mol. The molecule has 3 aromatic rings. The number of pyridine rings is 1. The maximum absolute atomic E-state index is 10.6. The summed E-state index contributed by atoms with van der Waals surface area (Å²) in [6.07, 6.45) is 6.15. The van der Waals surface area contributed by atoms with E-state index in [0.717, 1.165) is 30.6 Å². The molecule has 27 heavy (non-hydrogen) atoms. The van der Waals surface area contributed by atoms with Crippen LogP contribution in [0.4, 0.5) is 5.95 Å². The van der Waals surface area contributed by atoms with Crippen LogP contribution in [0.5, 0.6) is 0 Å². The maximum Gasteiger partial charge on any atom is 0.224 e. The van der Waals surface area contributed by atoms with Gasteiger partial charge >= 0.3 is 0 Å². The summed E-state index contributed by atoms with van der Waals surface area (Å²) in [5.41, 5.74) is 3.34. The Kier molecular flexibility index (Phi) is 5.01. The van der Waals surface area contributed by atoms with E-state index in [9.17, 15) is 5.11 Å². The quantitative estimate of drug-likeness (QED) is 0.749. The Balaban J connectivity index is 1.43. The normalized spacial score (nSPS) is 20.3. The molecular weight excluding hydrogens is 338 g/mol. The van der Waals surface area contributed by atoms with Gasteiger partial charge in [-0.3, -0.25) is 9.88 Å². The van der Waals surface area contributed by atoms with E-state index in [-0.39, 0.29) is 12.0 Å². The standard InChI is InChI=1S/C21H25N5O/c1-25(2)21-23-10-15(11-24-21)12-26-13-17(20(27)14-26)9-16-7-8-22-19-6-4-3-5-18(16)19/h3-8,10-11,17,20,27H,9,12-14H2,1-2H3/t17-,20-/m1/s1. The second kappa shape index (κ2) is 7.58. The van der Waals surface area contributed by atoms with Crippen molar-refractivity contribution in [3.8, 4) is 0 Å². The lowest BCUT2D eigenvalue weighted by Crippen LogP contribution is -2.22. The van der Waals surface area contributed by atoms with Crippen LogP contribution in [0, 0.1) is 5.92 Å². The van der Waals surface area contributed by atoms with Gasteiger partial charge in [0.2, 0.25) is 5.95 Å². The molecule has 0 unspecified atom stereocenters. The molecule has 0 bridgehead atoms. The summed E-state index contributed by atoms with van der Waals surface area (Å²) in [4.78, 5) is 17.4. The van der Waals surface area contributed by atoms with Crippen LogP contribution in [-0.2, 0) is 13.0 Å². The number of aromatic nitrogens is 3. The van der Waals surface area contributed by atoms with Gasteiger partial charge in [0.15, 0.2) is 0 Å². The number of hydrogen-bond acceptors (Lipinski definition) is 6. The van der Waals surface area contributed by atoms with Gasteiger partial charge in [0.05, 0.1) is 11.6 Å². The van der Waals surface area contributed by atoms with Gasteiger partial charge in [0.25, 0.3) is 0 Å². The number of likely N-dealkylation sites (tertiary alicyclic amines) is 1. The number of aliphatic hydroxyl groups excluding tert-OH is 1. The monoisotopic (exact) mass is 363 g/mol. The van der Waals surface area contributed by atoms with Crippen molar-refractivity contribution in [3.63, 3.8) is 0 Å². The molecule has 2 aromatic heterocycles. The summed E-state index contributed by atoms with van der Waals surface area (Å²) >= 11 is 0. The summed E-state index contributed by atoms with van der Waals surface area (Å²) in [5, 5.41) is 11.8. The average molecular weight is 363 g/mol. The molecule has 1 aliphatic rings. The van der Waals surface area contributed by atoms with E-state index in [2.05, 4.69) is 32.0 Å². The van der Waals surface area contributed by atoms with Gasteiger partial charge in [-0.05, 0) is 24.1 Å². The third-order valence-electron chi connectivity index (χ3n) is 5.20. The second-order valence-electron chi connectivity index (χ2n) is 7.50. The molecule has 3 heterocycles. The summed E-state index contributed by atoms with van der Waals surface area (Å²) in [6.45, 7) is 2.31. The Hall–Kier alpha value is -2.57. The minimum atomic E-state index is -0.320. The van der Waals surface area contributed by atoms with Crippen molar-refractivity contribution >= 4 is 16.9 Å². The first-order valence-corrected chi connectivity index (χ1v) is 9.31. The van der Waals surface area contributed by atoms with Crippen LogP contribution in [0.2, 0.25) is 0 Å². The zero-order chi connectivity index (χ0) is 18.8. The number of benzene rings is 1. The lowest BCUT2D eigenvalue weighted by molar-refractivity contribution is 0.141. The molecular formula is C21H25N5O. The summed E-state index contributed by atoms with van der Waals surface area (Å²) in [5.74, 6) is 0.931. The Morgan fingerprint density at radius 3 is 2.63 bits per heavy atom. The molecule has 1 saturated heterocycles. The molecule has 0 amide bonds. The largest absolute Gasteiger partial charge is 0.391 e. The van der Waals surface area contributed by atoms with Gasteiger partial charge in [0, 0.05) is 69.2 Å². The number of rotatable bonds is 5. The lowest BCUT2D eigenvalue weighted by atomic mass is 9.94. The molecule has 1 aliphatic heterocycles. The Morgan fingerprint density at radius 2 is 1.85 bits per heavy atom. The van der Waals surface area contributed by atoms with Gasteiger partial charge in [-0.2, -0.15) is 0 Å². The van der Waals surface area contributed by atoms with Gasteiger partial charge in [0.1, 0.15) is 0 Å². The number of fused-ring (bicyclic) bond motifs is 1. The highest BCUT2D eigenvalue weighted by Crippen LogP contribution is 2.26. The van der Waals surface area contributed by atoms with E-state index < -0.39 is 0 Å². The van der Waals surface area contributed by atoms with E-state index >= 15 is 0 Å². The number of β-amino-alcohol motifs (C(OH)–C–C–N with tert-alkyl or cyclic N) is 1. The highest BCUT2D eigenvalue weighted by Gasteiger charge is 2.31. The summed E-state index contributed by atoms with van der Waals surface area (Å²) in [7, 11) is 3.86. The number of nitrogens with zero attached hydrogens (tertiary/aromatic N) is 5. The van der Waals surface area contributed by atoms with Crippen LogP contribution in [0.15, 0.2) is 48.9 Å². The third-order valence-corrected chi connectivity index (χ3v) is 5.20. The lowest BCUT2D eigenvalue weighted by Gasteiger charge is -2.16. The molecule has 4 rings (SSSR count). The summed E-state index contributed by atoms with van der Waals surface area (Å²) in [6, 6.07) is 10.3. The fourth-order valence-electron chi connectivity index (χ4n) is 3.81. The minimum absolute atomic E-state index is 0.220. The average Bonchev–Trinajstić information content (AvgIpc) is 3.01. The van der Waals surface area contributed by atoms with Crippen LogP contribution < -0.4 is 4.90 Å². The fraction of sp³-hybridized carbons (Fsp3) is 0.381. The molecule has 1 aromatic carbocycles. The maximum atomic E-state index is 10.6. The molecule has 140 valence electrons. The van der Waals surface area contributed by atoms with Crippen molar-refractivity contribution in [2.45, 2.75) is 19.1 Å². The molecule has 1 fully saturated rings. The van der Waals surface area contributed by atoms with E-state index in [1.807, 2.05) is 55.8 Å². The first-order valence-electron chi connectivity index (χ1n) is 9.31. The molecule has 6 heteroatoms. The van der Waals surface area contributed by atoms with Gasteiger partial charge in [-0.15, -0.1) is 0 Å². The molecule has 0 saturated carbocycles. The van der Waals surface area contributed by atoms with Crippen molar-refractivity contribution in [2.75, 3.05) is 32.1 Å². The molecule has 6 nitrogen and oxygen atoms in total. The molecule has 2 atom stereocenters. The van der Waals surface area contributed by atoms with Crippen LogP contribution >= 0.6 is 0 Å². The van der Waals surface area contributed by atoms with Crippen LogP contribution in [-0.4, -0.2) is 58.2 Å². The van der Waals surface area contributed by atoms with Gasteiger partial charge in [-0.1, -0.05) is 18.2 Å². The van der Waals surface area contributed by atoms with E-state index in [0.29, 0.717) is 12.5 Å². The number of aliphatic hydroxyl groups is 1. The van der Waals surface area contributed by atoms with Crippen molar-refractivity contribution in [1.82, 2.24) is 19.9 Å². The van der Waals surface area contributed by atoms with Crippen LogP contribution in [0.3, 0.4) is 0 Å². The SMILES string of the molecule is CN(C)c1ncc(CN2C[C@@H](Cc3ccnc4ccccc34)[C@H](O)C2)cn1. The Bertz CT molecular complexity index is 907. The fourth-order valence-corrected chi connectivity index (χ4v) is 3.81. The highest BCUT2D eigenvalue weighted by molar-refractivity contribution is 5.81. The van der Waals surface area contributed by atoms with Crippen LogP contribution in [0.1, 0.15) is 11.1 Å². The third kappa shape index (κ3) is 3.91. The number of hydrogen-bond donors (Lipinski definition) is 1. The highest BCUT2D eigenvalue weighted by atomic mass is 16.3. The van der Waals surface area contributed by atoms with Crippen molar-refractivity contribution < 1.29 is 5.11 Å². The molecule has 0 aliphatic carbocycles. The Labute approximate surface area is 159 Å². The first kappa shape index (κ1) is 17.8. The topological polar surface area (TPSA) is 65.4 Å². The first-order chi connectivity index (χ1) is 13.1. The van der Waals surface area contributed by atoms with Crippen molar-refractivity contribution in [1.29, 1.82) is 0 Å². The number of anilines is 1. The predicted octanol–water partition coefficient (Wildman–Crippen LogP) is 2.13. The second-order valence-corrected chi connectivity index (χ2v) is 7.50. The molecule has 1 N–H and O–H groups in total.